The topological polar surface area (TPSA) is 227 Å². The Morgan fingerprint density at radius 2 is 0.606 bits per heavy atom. The lowest BCUT2D eigenvalue weighted by molar-refractivity contribution is 0.0425. The average molecular weight is 1390 g/mol. The highest BCUT2D eigenvalue weighted by Gasteiger charge is 2.60. The van der Waals surface area contributed by atoms with Crippen molar-refractivity contribution in [2.75, 3.05) is 56.4 Å². The molecule has 8 aliphatic heterocycles. The molecule has 4 aliphatic carbocycles. The van der Waals surface area contributed by atoms with Crippen LogP contribution in [0.3, 0.4) is 0 Å². The minimum Gasteiger partial charge on any atom is -0.399 e. The Labute approximate surface area is 603 Å². The quantitative estimate of drug-likeness (QED) is 0.0674. The van der Waals surface area contributed by atoms with E-state index in [4.69, 9.17) is 20.9 Å². The predicted octanol–water partition coefficient (Wildman–Crippen LogP) is 14.3. The number of amides is 4. The number of ether oxygens (including phenoxy) is 2. The van der Waals surface area contributed by atoms with E-state index in [0.717, 1.165) is 126 Å². The number of fused-ring (bicyclic) bond motifs is 24. The van der Waals surface area contributed by atoms with Crippen molar-refractivity contribution in [3.8, 4) is 0 Å². The van der Waals surface area contributed by atoms with Gasteiger partial charge >= 0.3 is 23.9 Å². The molecule has 12 aliphatic rings. The fourth-order valence-corrected chi connectivity index (χ4v) is 21.7. The van der Waals surface area contributed by atoms with Gasteiger partial charge in [-0.3, -0.25) is 24.1 Å². The molecule has 104 heavy (non-hydrogen) atoms. The molecule has 4 amide bonds. The standard InChI is InChI=1S/C44H42N4O4.C25H20O6.C17H20N4/c1-22-9-23(2)36-25(10-22)17-46-21-47(36)18-26-12-27(11-24(3)37(26)46)48-40(51)30-14-33-35(16-31(30)41(48)52)44(20-43(33,6)7)19-42(4,5)32-13-28-29(15-34(32)44)39(50)45(8)38(28)49;1-23(2)9-25(17-7-13-11(5-15(17)23)19(26)30-21(13)28)10-24(3,4)16-6-12-14(8-18(16)25)22(29)31-20(12)27;1-10-3-14(18)5-12-7-21-9-20(16(10)12)8-13-6-15(19)4-11(2)17(13)21/h9-16H,17-21H2,1-8H3;5-8H,9-10H2,1-4H3;3-6H,7-9,18-19H2,1-2H3. The van der Waals surface area contributed by atoms with Crippen LogP contribution in [-0.2, 0) is 68.1 Å². The summed E-state index contributed by atoms with van der Waals surface area (Å²) in [5.41, 5.74) is 39.9. The number of anilines is 7. The van der Waals surface area contributed by atoms with E-state index in [0.29, 0.717) is 56.7 Å². The van der Waals surface area contributed by atoms with Crippen LogP contribution in [0.15, 0.2) is 97.1 Å². The second kappa shape index (κ2) is 20.9. The normalized spacial score (nSPS) is 21.3. The fraction of sp³-hybridized carbons (Fsp3) is 0.349. The second-order valence-electron chi connectivity index (χ2n) is 34.3. The van der Waals surface area contributed by atoms with Gasteiger partial charge < -0.3 is 40.5 Å². The van der Waals surface area contributed by atoms with Crippen molar-refractivity contribution in [3.05, 3.63) is 236 Å². The highest BCUT2D eigenvalue weighted by atomic mass is 16.6. The van der Waals surface area contributed by atoms with Gasteiger partial charge in [0.2, 0.25) is 0 Å². The van der Waals surface area contributed by atoms with Gasteiger partial charge in [-0.15, -0.1) is 0 Å². The molecule has 8 aromatic carbocycles. The number of benzene rings is 8. The lowest BCUT2D eigenvalue weighted by Gasteiger charge is -2.46. The highest BCUT2D eigenvalue weighted by molar-refractivity contribution is 6.35. The summed E-state index contributed by atoms with van der Waals surface area (Å²) in [6, 6.07) is 32.0. The number of aryl methyl sites for hydroxylation is 5. The van der Waals surface area contributed by atoms with Crippen molar-refractivity contribution in [2.24, 2.45) is 0 Å². The molecule has 2 spiro atoms. The van der Waals surface area contributed by atoms with E-state index in [2.05, 4.69) is 146 Å². The smallest absolute Gasteiger partial charge is 0.346 e. The fourth-order valence-electron chi connectivity index (χ4n) is 21.7. The largest absolute Gasteiger partial charge is 0.399 e. The van der Waals surface area contributed by atoms with Crippen LogP contribution in [0.5, 0.6) is 0 Å². The van der Waals surface area contributed by atoms with E-state index >= 15 is 0 Å². The van der Waals surface area contributed by atoms with Gasteiger partial charge in [0.1, 0.15) is 0 Å². The number of hydrogen-bond acceptors (Lipinski definition) is 16. The third kappa shape index (κ3) is 8.85. The summed E-state index contributed by atoms with van der Waals surface area (Å²) in [5.74, 6) is -3.59. The predicted molar refractivity (Wildman–Crippen MR) is 398 cm³/mol. The molecular formula is C86H82N8O10. The van der Waals surface area contributed by atoms with E-state index in [1.807, 2.05) is 60.7 Å². The van der Waals surface area contributed by atoms with Crippen LogP contribution < -0.4 is 36.0 Å². The highest BCUT2D eigenvalue weighted by Crippen LogP contribution is 2.66. The van der Waals surface area contributed by atoms with Crippen molar-refractivity contribution in [1.29, 1.82) is 0 Å². The van der Waals surface area contributed by atoms with Gasteiger partial charge in [0.05, 0.1) is 63.5 Å². The monoisotopic (exact) mass is 1390 g/mol. The van der Waals surface area contributed by atoms with E-state index in [-0.39, 0.29) is 45.3 Å². The van der Waals surface area contributed by atoms with Crippen molar-refractivity contribution < 1.29 is 47.8 Å². The first-order chi connectivity index (χ1) is 49.0. The average Bonchev–Trinajstić information content (AvgIpc) is 1.51. The maximum absolute atomic E-state index is 14.5. The number of nitrogens with zero attached hydrogens (tertiary/aromatic N) is 6. The third-order valence-corrected chi connectivity index (χ3v) is 25.1. The van der Waals surface area contributed by atoms with Crippen LogP contribution in [0.1, 0.15) is 259 Å². The van der Waals surface area contributed by atoms with Crippen molar-refractivity contribution in [3.63, 3.8) is 0 Å². The summed E-state index contributed by atoms with van der Waals surface area (Å²) in [5, 5.41) is 0. The molecule has 0 saturated carbocycles. The van der Waals surface area contributed by atoms with Gasteiger partial charge in [0, 0.05) is 78.2 Å². The van der Waals surface area contributed by atoms with Crippen LogP contribution in [0.25, 0.3) is 0 Å². The number of hydrogen-bond donors (Lipinski definition) is 2. The van der Waals surface area contributed by atoms with Crippen LogP contribution in [0.2, 0.25) is 0 Å². The Morgan fingerprint density at radius 1 is 0.327 bits per heavy atom. The minimum absolute atomic E-state index is 0.261. The zero-order valence-corrected chi connectivity index (χ0v) is 61.2. The first-order valence-corrected chi connectivity index (χ1v) is 36.0. The van der Waals surface area contributed by atoms with Crippen molar-refractivity contribution in [2.45, 2.75) is 174 Å². The maximum Gasteiger partial charge on any atom is 0.346 e. The molecule has 526 valence electrons. The molecule has 0 saturated heterocycles. The minimum atomic E-state index is -0.622. The lowest BCUT2D eigenvalue weighted by Crippen LogP contribution is -2.47. The Morgan fingerprint density at radius 3 is 0.962 bits per heavy atom. The number of esters is 4. The first-order valence-electron chi connectivity index (χ1n) is 36.0. The summed E-state index contributed by atoms with van der Waals surface area (Å²) in [7, 11) is 1.54. The summed E-state index contributed by atoms with van der Waals surface area (Å²) >= 11 is 0. The van der Waals surface area contributed by atoms with E-state index < -0.39 is 34.7 Å². The van der Waals surface area contributed by atoms with Gasteiger partial charge in [-0.1, -0.05) is 73.1 Å². The van der Waals surface area contributed by atoms with Crippen molar-refractivity contribution in [1.82, 2.24) is 4.90 Å². The summed E-state index contributed by atoms with van der Waals surface area (Å²) < 4.78 is 9.70. The molecule has 4 N–H and O–H groups in total. The van der Waals surface area contributed by atoms with Gasteiger partial charge in [-0.05, 0) is 256 Å². The molecule has 0 aromatic heterocycles. The molecule has 4 bridgehead atoms. The van der Waals surface area contributed by atoms with E-state index in [1.165, 1.54) is 78.5 Å². The number of cyclic esters (lactones) is 4. The molecular weight excluding hydrogens is 1300 g/mol. The zero-order chi connectivity index (χ0) is 73.4. The first kappa shape index (κ1) is 65.2. The second-order valence-corrected chi connectivity index (χ2v) is 34.3. The summed E-state index contributed by atoms with van der Waals surface area (Å²) in [4.78, 5) is 116. The summed E-state index contributed by atoms with van der Waals surface area (Å²) in [6.45, 7) is 33.1. The number of carbonyl (C=O) groups is 8. The van der Waals surface area contributed by atoms with Gasteiger partial charge in [-0.2, -0.15) is 0 Å². The molecule has 1 unspecified atom stereocenters. The number of nitrogens with two attached hydrogens (primary N) is 2. The maximum atomic E-state index is 14.5. The molecule has 1 atom stereocenters. The molecule has 20 rings (SSSR count). The van der Waals surface area contributed by atoms with Gasteiger partial charge in [0.25, 0.3) is 23.6 Å². The SMILES string of the molecule is CC1(C)CC2(CC(C)(C)c3cc4c(cc32)C(=O)OC4=O)c2cc3c(cc21)C(=O)OC3=O.Cc1cc(C)c2c(c1)CN1CN2Cc2cc(N3C(=O)c4cc5c(cc4C3=O)C3(CC(C)(C)c4cc6c(cc43)C(=O)N(C)C6=O)CC5(C)C)cc(C)c21.Cc1cc(N)cc2c1N1Cc3cc(N)cc(C)c3N(C2)C1. The van der Waals surface area contributed by atoms with Crippen molar-refractivity contribution >= 4 is 87.3 Å². The zero-order valence-electron chi connectivity index (χ0n) is 61.2. The van der Waals surface area contributed by atoms with Gasteiger partial charge in [-0.25, -0.2) is 24.1 Å². The lowest BCUT2D eigenvalue weighted by atomic mass is 9.72. The molecule has 18 nitrogen and oxygen atoms in total. The van der Waals surface area contributed by atoms with E-state index in [1.54, 1.807) is 0 Å². The number of nitrogen functional groups attached to an aromatic ring is 2. The number of carbonyl (C=O) groups excluding carboxylic acids is 8. The summed E-state index contributed by atoms with van der Waals surface area (Å²) in [6.07, 6.45) is 3.08. The van der Waals surface area contributed by atoms with Crippen LogP contribution in [0, 0.1) is 34.6 Å². The third-order valence-electron chi connectivity index (χ3n) is 25.1. The van der Waals surface area contributed by atoms with Crippen LogP contribution >= 0.6 is 0 Å². The van der Waals surface area contributed by atoms with Crippen LogP contribution in [0.4, 0.5) is 39.8 Å². The Kier molecular flexibility index (Phi) is 13.1. The Bertz CT molecular complexity index is 5350. The van der Waals surface area contributed by atoms with E-state index in [9.17, 15) is 38.4 Å². The number of imide groups is 2. The Hall–Kier alpha value is -10.9. The Balaban J connectivity index is 0.000000125. The van der Waals surface area contributed by atoms with Crippen LogP contribution in [-0.4, -0.2) is 72.8 Å². The molecule has 0 fully saturated rings. The molecule has 8 heterocycles. The molecule has 8 aromatic rings. The molecule has 0 radical (unpaired) electrons. The number of rotatable bonds is 1. The molecule has 18 heteroatoms. The van der Waals surface area contributed by atoms with Gasteiger partial charge in [0.15, 0.2) is 0 Å².